The highest BCUT2D eigenvalue weighted by atomic mass is 16.5. The molecule has 1 amide bonds. The average molecular weight is 331 g/mol. The third-order valence-corrected chi connectivity index (χ3v) is 4.75. The lowest BCUT2D eigenvalue weighted by Gasteiger charge is -2.35. The molecule has 2 heterocycles. The van der Waals surface area contributed by atoms with Crippen LogP contribution in [-0.4, -0.2) is 55.2 Å². The van der Waals surface area contributed by atoms with Crippen LogP contribution in [0.5, 0.6) is 0 Å². The van der Waals surface area contributed by atoms with E-state index in [1.165, 1.54) is 5.56 Å². The summed E-state index contributed by atoms with van der Waals surface area (Å²) in [6, 6.07) is 8.27. The fourth-order valence-corrected chi connectivity index (χ4v) is 3.68. The Kier molecular flexibility index (Phi) is 5.87. The first-order valence-electron chi connectivity index (χ1n) is 9.08. The molecule has 0 radical (unpaired) electrons. The summed E-state index contributed by atoms with van der Waals surface area (Å²) in [5.41, 5.74) is 1.99. The van der Waals surface area contributed by atoms with E-state index in [9.17, 15) is 4.79 Å². The van der Waals surface area contributed by atoms with E-state index in [0.29, 0.717) is 0 Å². The molecular formula is C19H29N3O2. The highest BCUT2D eigenvalue weighted by Crippen LogP contribution is 2.15. The quantitative estimate of drug-likeness (QED) is 0.883. The molecule has 2 aliphatic heterocycles. The zero-order chi connectivity index (χ0) is 16.9. The predicted octanol–water partition coefficient (Wildman–Crippen LogP) is 1.78. The second-order valence-corrected chi connectivity index (χ2v) is 7.17. The van der Waals surface area contributed by atoms with Crippen LogP contribution in [-0.2, 0) is 11.3 Å². The highest BCUT2D eigenvalue weighted by molar-refractivity contribution is 5.94. The summed E-state index contributed by atoms with van der Waals surface area (Å²) < 4.78 is 5.78. The van der Waals surface area contributed by atoms with Gasteiger partial charge in [-0.05, 0) is 50.9 Å². The molecule has 2 N–H and O–H groups in total. The van der Waals surface area contributed by atoms with Gasteiger partial charge in [0.15, 0.2) is 0 Å². The third-order valence-electron chi connectivity index (χ3n) is 4.75. The van der Waals surface area contributed by atoms with E-state index in [-0.39, 0.29) is 24.2 Å². The van der Waals surface area contributed by atoms with Crippen molar-refractivity contribution in [2.45, 2.75) is 51.5 Å². The molecule has 0 aliphatic carbocycles. The zero-order valence-corrected chi connectivity index (χ0v) is 14.8. The van der Waals surface area contributed by atoms with Gasteiger partial charge in [-0.3, -0.25) is 9.69 Å². The van der Waals surface area contributed by atoms with Crippen LogP contribution < -0.4 is 10.6 Å². The number of ether oxygens (including phenoxy) is 1. The van der Waals surface area contributed by atoms with Gasteiger partial charge >= 0.3 is 0 Å². The fraction of sp³-hybridized carbons (Fsp3) is 0.632. The van der Waals surface area contributed by atoms with Crippen molar-refractivity contribution in [3.63, 3.8) is 0 Å². The van der Waals surface area contributed by atoms with E-state index in [4.69, 9.17) is 4.74 Å². The van der Waals surface area contributed by atoms with Crippen molar-refractivity contribution in [1.82, 2.24) is 15.5 Å². The Morgan fingerprint density at radius 3 is 2.58 bits per heavy atom. The van der Waals surface area contributed by atoms with Crippen LogP contribution in [0.3, 0.4) is 0 Å². The third kappa shape index (κ3) is 4.79. The lowest BCUT2D eigenvalue weighted by molar-refractivity contribution is -0.0704. The predicted molar refractivity (Wildman–Crippen MR) is 95.1 cm³/mol. The molecule has 2 saturated heterocycles. The SMILES string of the molecule is CC1CN(Cc2ccc(C(=O)NC3CCCNC3)cc2)CC(C)O1. The normalized spacial score (nSPS) is 28.5. The number of nitrogens with one attached hydrogen (secondary N) is 2. The van der Waals surface area contributed by atoms with Crippen molar-refractivity contribution in [2.75, 3.05) is 26.2 Å². The monoisotopic (exact) mass is 331 g/mol. The highest BCUT2D eigenvalue weighted by Gasteiger charge is 2.22. The number of hydrogen-bond donors (Lipinski definition) is 2. The standard InChI is InChI=1S/C19H29N3O2/c1-14-11-22(12-15(2)24-14)13-16-5-7-17(8-6-16)19(23)21-18-4-3-9-20-10-18/h5-8,14-15,18,20H,3-4,9-13H2,1-2H3,(H,21,23). The first-order valence-corrected chi connectivity index (χ1v) is 9.08. The van der Waals surface area contributed by atoms with Crippen LogP contribution >= 0.6 is 0 Å². The zero-order valence-electron chi connectivity index (χ0n) is 14.8. The van der Waals surface area contributed by atoms with E-state index >= 15 is 0 Å². The van der Waals surface area contributed by atoms with Gasteiger partial charge < -0.3 is 15.4 Å². The smallest absolute Gasteiger partial charge is 0.251 e. The molecule has 0 bridgehead atoms. The van der Waals surface area contributed by atoms with Gasteiger partial charge in [0.1, 0.15) is 0 Å². The summed E-state index contributed by atoms with van der Waals surface area (Å²) in [5, 5.41) is 6.44. The van der Waals surface area contributed by atoms with E-state index in [0.717, 1.165) is 51.1 Å². The topological polar surface area (TPSA) is 53.6 Å². The van der Waals surface area contributed by atoms with Crippen LogP contribution in [0.4, 0.5) is 0 Å². The Labute approximate surface area is 144 Å². The number of rotatable bonds is 4. The largest absolute Gasteiger partial charge is 0.373 e. The van der Waals surface area contributed by atoms with Gasteiger partial charge in [0.2, 0.25) is 0 Å². The second-order valence-electron chi connectivity index (χ2n) is 7.17. The van der Waals surface area contributed by atoms with Crippen molar-refractivity contribution < 1.29 is 9.53 Å². The first-order chi connectivity index (χ1) is 11.6. The Hall–Kier alpha value is -1.43. The minimum Gasteiger partial charge on any atom is -0.373 e. The molecule has 3 rings (SSSR count). The number of carbonyl (C=O) groups excluding carboxylic acids is 1. The van der Waals surface area contributed by atoms with E-state index in [1.54, 1.807) is 0 Å². The Morgan fingerprint density at radius 1 is 1.25 bits per heavy atom. The van der Waals surface area contributed by atoms with Gasteiger partial charge in [-0.15, -0.1) is 0 Å². The van der Waals surface area contributed by atoms with Gasteiger partial charge in [0, 0.05) is 37.8 Å². The summed E-state index contributed by atoms with van der Waals surface area (Å²) >= 11 is 0. The summed E-state index contributed by atoms with van der Waals surface area (Å²) in [4.78, 5) is 14.8. The molecule has 0 saturated carbocycles. The van der Waals surface area contributed by atoms with Crippen molar-refractivity contribution in [2.24, 2.45) is 0 Å². The summed E-state index contributed by atoms with van der Waals surface area (Å²) in [6.45, 7) is 9.00. The molecule has 5 nitrogen and oxygen atoms in total. The molecule has 1 aromatic rings. The number of carbonyl (C=O) groups is 1. The van der Waals surface area contributed by atoms with Gasteiger partial charge in [-0.25, -0.2) is 0 Å². The second kappa shape index (κ2) is 8.10. The fourth-order valence-electron chi connectivity index (χ4n) is 3.68. The van der Waals surface area contributed by atoms with Crippen LogP contribution in [0.25, 0.3) is 0 Å². The molecule has 0 aromatic heterocycles. The van der Waals surface area contributed by atoms with E-state index in [2.05, 4.69) is 41.5 Å². The maximum Gasteiger partial charge on any atom is 0.251 e. The number of benzene rings is 1. The summed E-state index contributed by atoms with van der Waals surface area (Å²) in [5.74, 6) is 0.0314. The van der Waals surface area contributed by atoms with Crippen molar-refractivity contribution in [3.05, 3.63) is 35.4 Å². The van der Waals surface area contributed by atoms with Crippen LogP contribution in [0.1, 0.15) is 42.6 Å². The molecule has 0 spiro atoms. The van der Waals surface area contributed by atoms with E-state index < -0.39 is 0 Å². The van der Waals surface area contributed by atoms with Gasteiger partial charge in [-0.1, -0.05) is 12.1 Å². The van der Waals surface area contributed by atoms with Gasteiger partial charge in [0.05, 0.1) is 12.2 Å². The summed E-state index contributed by atoms with van der Waals surface area (Å²) in [7, 11) is 0. The Morgan fingerprint density at radius 2 is 1.96 bits per heavy atom. The Bertz CT molecular complexity index is 530. The van der Waals surface area contributed by atoms with Crippen LogP contribution in [0.2, 0.25) is 0 Å². The number of hydrogen-bond acceptors (Lipinski definition) is 4. The lowest BCUT2D eigenvalue weighted by atomic mass is 10.1. The van der Waals surface area contributed by atoms with Gasteiger partial charge in [0.25, 0.3) is 5.91 Å². The number of piperidine rings is 1. The minimum atomic E-state index is 0.0314. The van der Waals surface area contributed by atoms with Crippen molar-refractivity contribution >= 4 is 5.91 Å². The molecular weight excluding hydrogens is 302 g/mol. The molecule has 1 aromatic carbocycles. The van der Waals surface area contributed by atoms with Crippen molar-refractivity contribution in [3.8, 4) is 0 Å². The Balaban J connectivity index is 1.53. The maximum atomic E-state index is 12.3. The molecule has 24 heavy (non-hydrogen) atoms. The number of nitrogens with zero attached hydrogens (tertiary/aromatic N) is 1. The lowest BCUT2D eigenvalue weighted by Crippen LogP contribution is -2.45. The number of amides is 1. The summed E-state index contributed by atoms with van der Waals surface area (Å²) in [6.07, 6.45) is 2.75. The van der Waals surface area contributed by atoms with E-state index in [1.807, 2.05) is 12.1 Å². The molecule has 3 atom stereocenters. The molecule has 2 fully saturated rings. The van der Waals surface area contributed by atoms with Crippen LogP contribution in [0, 0.1) is 0 Å². The van der Waals surface area contributed by atoms with Gasteiger partial charge in [-0.2, -0.15) is 0 Å². The maximum absolute atomic E-state index is 12.3. The number of morpholine rings is 1. The molecule has 5 heteroatoms. The van der Waals surface area contributed by atoms with Crippen molar-refractivity contribution in [1.29, 1.82) is 0 Å². The van der Waals surface area contributed by atoms with Crippen LogP contribution in [0.15, 0.2) is 24.3 Å². The first kappa shape index (κ1) is 17.4. The average Bonchev–Trinajstić information content (AvgIpc) is 2.55. The molecule has 132 valence electrons. The molecule has 2 aliphatic rings. The molecule has 3 unspecified atom stereocenters. The minimum absolute atomic E-state index is 0.0314.